The Morgan fingerprint density at radius 3 is 2.21 bits per heavy atom. The van der Waals surface area contributed by atoms with E-state index in [9.17, 15) is 0 Å². The van der Waals surface area contributed by atoms with Crippen LogP contribution < -0.4 is 4.90 Å². The van der Waals surface area contributed by atoms with Gasteiger partial charge in [-0.2, -0.15) is 0 Å². The van der Waals surface area contributed by atoms with Gasteiger partial charge < -0.3 is 0 Å². The lowest BCUT2D eigenvalue weighted by atomic mass is 9.91. The number of aromatic nitrogens is 3. The lowest BCUT2D eigenvalue weighted by molar-refractivity contribution is 1.11. The molecule has 0 aliphatic carbocycles. The van der Waals surface area contributed by atoms with E-state index in [4.69, 9.17) is 9.97 Å². The zero-order chi connectivity index (χ0) is 21.8. The molecule has 4 nitrogen and oxygen atoms in total. The van der Waals surface area contributed by atoms with Gasteiger partial charge in [-0.3, -0.25) is 9.88 Å². The standard InChI is InChI=1S/C29H18N4/c1-3-12-24-23(10-1)28(20-15-17-30-18-16-20)32-29(31-24)33-25-13-4-2-9-21(25)22-11-5-7-19-8-6-14-26(33)27(19)22/h1-18H. The lowest BCUT2D eigenvalue weighted by Gasteiger charge is -2.32. The molecule has 154 valence electrons. The Labute approximate surface area is 190 Å². The molecule has 0 amide bonds. The molecule has 0 radical (unpaired) electrons. The van der Waals surface area contributed by atoms with Gasteiger partial charge in [-0.15, -0.1) is 0 Å². The SMILES string of the molecule is c1ccc2c(c1)-c1cccc3cccc(c13)N2c1nc(-c2ccncc2)c2ccccc2n1. The smallest absolute Gasteiger partial charge is 0.235 e. The van der Waals surface area contributed by atoms with Crippen molar-refractivity contribution in [3.05, 3.63) is 109 Å². The van der Waals surface area contributed by atoms with Crippen molar-refractivity contribution in [3.63, 3.8) is 0 Å². The molecule has 0 atom stereocenters. The summed E-state index contributed by atoms with van der Waals surface area (Å²) in [6.45, 7) is 0. The molecule has 0 spiro atoms. The molecule has 6 aromatic rings. The highest BCUT2D eigenvalue weighted by Gasteiger charge is 2.27. The number of hydrogen-bond acceptors (Lipinski definition) is 4. The molecule has 0 bridgehead atoms. The molecule has 0 fully saturated rings. The van der Waals surface area contributed by atoms with Crippen LogP contribution in [-0.2, 0) is 0 Å². The van der Waals surface area contributed by atoms with Crippen molar-refractivity contribution in [1.82, 2.24) is 15.0 Å². The second-order valence-electron chi connectivity index (χ2n) is 8.16. The lowest BCUT2D eigenvalue weighted by Crippen LogP contribution is -2.18. The van der Waals surface area contributed by atoms with Gasteiger partial charge >= 0.3 is 0 Å². The van der Waals surface area contributed by atoms with Gasteiger partial charge in [0.05, 0.1) is 22.6 Å². The van der Waals surface area contributed by atoms with Gasteiger partial charge in [-0.1, -0.05) is 66.7 Å². The molecule has 1 aliphatic heterocycles. The van der Waals surface area contributed by atoms with Crippen molar-refractivity contribution in [2.24, 2.45) is 0 Å². The van der Waals surface area contributed by atoms with Gasteiger partial charge in [-0.05, 0) is 41.3 Å². The van der Waals surface area contributed by atoms with Crippen molar-refractivity contribution in [2.75, 3.05) is 4.90 Å². The molecule has 0 saturated carbocycles. The fourth-order valence-corrected chi connectivity index (χ4v) is 4.87. The van der Waals surface area contributed by atoms with Crippen molar-refractivity contribution < 1.29 is 0 Å². The van der Waals surface area contributed by atoms with Crippen LogP contribution in [0.5, 0.6) is 0 Å². The van der Waals surface area contributed by atoms with E-state index in [1.165, 1.54) is 21.9 Å². The van der Waals surface area contributed by atoms with Crippen LogP contribution in [0.2, 0.25) is 0 Å². The second kappa shape index (κ2) is 6.97. The van der Waals surface area contributed by atoms with Gasteiger partial charge in [0.25, 0.3) is 0 Å². The maximum absolute atomic E-state index is 5.14. The zero-order valence-electron chi connectivity index (χ0n) is 17.7. The summed E-state index contributed by atoms with van der Waals surface area (Å²) in [4.78, 5) is 16.6. The molecule has 0 saturated heterocycles. The summed E-state index contributed by atoms with van der Waals surface area (Å²) in [6, 6.07) is 33.6. The van der Waals surface area contributed by atoms with Crippen LogP contribution in [0, 0.1) is 0 Å². The van der Waals surface area contributed by atoms with Gasteiger partial charge in [-0.25, -0.2) is 9.97 Å². The van der Waals surface area contributed by atoms with Crippen LogP contribution in [0.1, 0.15) is 0 Å². The van der Waals surface area contributed by atoms with E-state index < -0.39 is 0 Å². The van der Waals surface area contributed by atoms with Crippen molar-refractivity contribution in [3.8, 4) is 22.4 Å². The van der Waals surface area contributed by atoms with Crippen LogP contribution in [0.25, 0.3) is 44.1 Å². The number of rotatable bonds is 2. The van der Waals surface area contributed by atoms with E-state index in [1.807, 2.05) is 24.3 Å². The molecule has 4 aromatic carbocycles. The molecule has 1 aliphatic rings. The minimum Gasteiger partial charge on any atom is -0.278 e. The zero-order valence-corrected chi connectivity index (χ0v) is 17.7. The van der Waals surface area contributed by atoms with E-state index in [0.717, 1.165) is 33.5 Å². The number of para-hydroxylation sites is 2. The summed E-state index contributed by atoms with van der Waals surface area (Å²) in [6.07, 6.45) is 3.61. The second-order valence-corrected chi connectivity index (χ2v) is 8.16. The number of benzene rings is 4. The first kappa shape index (κ1) is 18.0. The number of anilines is 3. The number of nitrogens with zero attached hydrogens (tertiary/aromatic N) is 4. The summed E-state index contributed by atoms with van der Waals surface area (Å²) < 4.78 is 0. The van der Waals surface area contributed by atoms with Gasteiger partial charge in [0.15, 0.2) is 0 Å². The minimum atomic E-state index is 0.662. The minimum absolute atomic E-state index is 0.662. The first-order chi connectivity index (χ1) is 16.4. The van der Waals surface area contributed by atoms with Crippen molar-refractivity contribution >= 4 is 39.0 Å². The van der Waals surface area contributed by atoms with Crippen molar-refractivity contribution in [2.45, 2.75) is 0 Å². The molecule has 0 N–H and O–H groups in total. The van der Waals surface area contributed by atoms with Crippen LogP contribution in [0.4, 0.5) is 17.3 Å². The number of hydrogen-bond donors (Lipinski definition) is 0. The third kappa shape index (κ3) is 2.68. The summed E-state index contributed by atoms with van der Waals surface area (Å²) in [5, 5.41) is 3.46. The van der Waals surface area contributed by atoms with Crippen LogP contribution in [-0.4, -0.2) is 15.0 Å². The first-order valence-corrected chi connectivity index (χ1v) is 11.0. The highest BCUT2D eigenvalue weighted by Crippen LogP contribution is 2.50. The van der Waals surface area contributed by atoms with Gasteiger partial charge in [0.1, 0.15) is 0 Å². The third-order valence-electron chi connectivity index (χ3n) is 6.30. The van der Waals surface area contributed by atoms with E-state index >= 15 is 0 Å². The van der Waals surface area contributed by atoms with E-state index in [1.54, 1.807) is 12.4 Å². The summed E-state index contributed by atoms with van der Waals surface area (Å²) in [5.41, 5.74) is 7.44. The normalized spacial score (nSPS) is 12.2. The Balaban J connectivity index is 1.58. The summed E-state index contributed by atoms with van der Waals surface area (Å²) in [7, 11) is 0. The average Bonchev–Trinajstić information content (AvgIpc) is 2.89. The molecular weight excluding hydrogens is 404 g/mol. The quantitative estimate of drug-likeness (QED) is 0.293. The topological polar surface area (TPSA) is 41.9 Å². The van der Waals surface area contributed by atoms with Crippen molar-refractivity contribution in [1.29, 1.82) is 0 Å². The van der Waals surface area contributed by atoms with Crippen LogP contribution in [0.15, 0.2) is 109 Å². The fourth-order valence-electron chi connectivity index (χ4n) is 4.87. The highest BCUT2D eigenvalue weighted by atomic mass is 15.3. The molecule has 4 heteroatoms. The van der Waals surface area contributed by atoms with E-state index in [2.05, 4.69) is 82.7 Å². The molecular formula is C29H18N4. The van der Waals surface area contributed by atoms with E-state index in [0.29, 0.717) is 5.95 Å². The monoisotopic (exact) mass is 422 g/mol. The summed E-state index contributed by atoms with van der Waals surface area (Å²) in [5.74, 6) is 0.662. The predicted molar refractivity (Wildman–Crippen MR) is 134 cm³/mol. The molecule has 3 heterocycles. The Hall–Kier alpha value is -4.57. The molecule has 0 unspecified atom stereocenters. The first-order valence-electron chi connectivity index (χ1n) is 11.0. The summed E-state index contributed by atoms with van der Waals surface area (Å²) >= 11 is 0. The van der Waals surface area contributed by atoms with Crippen LogP contribution >= 0.6 is 0 Å². The molecule has 2 aromatic heterocycles. The Morgan fingerprint density at radius 2 is 1.30 bits per heavy atom. The van der Waals surface area contributed by atoms with Gasteiger partial charge in [0.2, 0.25) is 5.95 Å². The Bertz CT molecular complexity index is 1670. The predicted octanol–water partition coefficient (Wildman–Crippen LogP) is 7.30. The Morgan fingerprint density at radius 1 is 0.576 bits per heavy atom. The largest absolute Gasteiger partial charge is 0.278 e. The maximum atomic E-state index is 5.14. The van der Waals surface area contributed by atoms with Crippen LogP contribution in [0.3, 0.4) is 0 Å². The average molecular weight is 422 g/mol. The maximum Gasteiger partial charge on any atom is 0.235 e. The molecule has 7 rings (SSSR count). The third-order valence-corrected chi connectivity index (χ3v) is 6.30. The number of fused-ring (bicyclic) bond motifs is 3. The molecule has 33 heavy (non-hydrogen) atoms. The number of pyridine rings is 1. The Kier molecular flexibility index (Phi) is 3.81. The van der Waals surface area contributed by atoms with E-state index in [-0.39, 0.29) is 0 Å². The van der Waals surface area contributed by atoms with Gasteiger partial charge in [0, 0.05) is 34.3 Å². The highest BCUT2D eigenvalue weighted by molar-refractivity contribution is 6.13. The fraction of sp³-hybridized carbons (Fsp3) is 0.